The van der Waals surface area contributed by atoms with Crippen LogP contribution in [0.1, 0.15) is 75.4 Å². The summed E-state index contributed by atoms with van der Waals surface area (Å²) in [5.41, 5.74) is 5.37. The van der Waals surface area contributed by atoms with Crippen LogP contribution in [-0.2, 0) is 26.8 Å². The number of fused-ring (bicyclic) bond motifs is 2. The lowest BCUT2D eigenvalue weighted by atomic mass is 10.1. The number of aromatic nitrogens is 6. The molecule has 14 heteroatoms. The summed E-state index contributed by atoms with van der Waals surface area (Å²) in [6.45, 7) is 2.24. The Morgan fingerprint density at radius 2 is 2.02 bits per heavy atom. The molecule has 228 valence electrons. The molecule has 2 aliphatic rings. The van der Waals surface area contributed by atoms with E-state index < -0.39 is 62.5 Å². The monoisotopic (exact) mass is 600 g/mol. The van der Waals surface area contributed by atoms with E-state index in [0.717, 1.165) is 0 Å². The highest BCUT2D eigenvalue weighted by Gasteiger charge is 2.60. The first-order valence-corrected chi connectivity index (χ1v) is 13.8. The molecular formula is C29H37N9O5. The summed E-state index contributed by atoms with van der Waals surface area (Å²) in [5, 5.41) is 5.59. The van der Waals surface area contributed by atoms with E-state index in [-0.39, 0.29) is 46.5 Å². The van der Waals surface area contributed by atoms with Crippen LogP contribution in [0.2, 0.25) is 0 Å². The number of carbonyl (C=O) groups excluding carboxylic acids is 2. The molecule has 0 spiro atoms. The highest BCUT2D eigenvalue weighted by molar-refractivity contribution is 5.90. The first-order valence-electron chi connectivity index (χ1n) is 18.3. The van der Waals surface area contributed by atoms with E-state index in [4.69, 9.17) is 27.8 Å². The van der Waals surface area contributed by atoms with Crippen molar-refractivity contribution in [2.45, 2.75) is 70.2 Å². The summed E-state index contributed by atoms with van der Waals surface area (Å²) < 4.78 is 81.6. The van der Waals surface area contributed by atoms with Crippen molar-refractivity contribution >= 4 is 45.8 Å². The average Bonchev–Trinajstić information content (AvgIpc) is 3.27. The Balaban J connectivity index is 1.40. The SMILES string of the molecule is [2H]C([2H])([2H])OC(=O)N[C@@H]1CC[C@@H](n2c(=O)n(C([2H])([2H])[2H])c3cnc(Nc4cc(C)c5nc([C@@H](C)OC([2H])([2H])[2H])n([C@@]6(C(N)=O)C[C@@H]6C)c5n4)cc32)C1. The van der Waals surface area contributed by atoms with Crippen LogP contribution in [0.5, 0.6) is 0 Å². The van der Waals surface area contributed by atoms with E-state index in [1.165, 1.54) is 23.8 Å². The van der Waals surface area contributed by atoms with Gasteiger partial charge in [0.05, 0.1) is 32.5 Å². The molecule has 0 saturated heterocycles. The molecule has 4 heterocycles. The van der Waals surface area contributed by atoms with Crippen LogP contribution in [0.25, 0.3) is 22.2 Å². The van der Waals surface area contributed by atoms with Crippen molar-refractivity contribution in [3.63, 3.8) is 0 Å². The maximum absolute atomic E-state index is 13.7. The van der Waals surface area contributed by atoms with Crippen molar-refractivity contribution in [3.05, 3.63) is 40.2 Å². The Morgan fingerprint density at radius 1 is 1.21 bits per heavy atom. The summed E-state index contributed by atoms with van der Waals surface area (Å²) in [6.07, 6.45) is 0.326. The predicted molar refractivity (Wildman–Crippen MR) is 159 cm³/mol. The van der Waals surface area contributed by atoms with E-state index in [1.807, 2.05) is 6.92 Å². The van der Waals surface area contributed by atoms with Crippen LogP contribution in [0.3, 0.4) is 0 Å². The van der Waals surface area contributed by atoms with Crippen LogP contribution in [0.4, 0.5) is 16.4 Å². The highest BCUT2D eigenvalue weighted by Crippen LogP contribution is 2.52. The fourth-order valence-electron chi connectivity index (χ4n) is 6.36. The van der Waals surface area contributed by atoms with Gasteiger partial charge in [-0.05, 0) is 57.1 Å². The second-order valence-electron chi connectivity index (χ2n) is 11.3. The minimum Gasteiger partial charge on any atom is -0.453 e. The van der Waals surface area contributed by atoms with Crippen molar-refractivity contribution < 1.29 is 31.4 Å². The van der Waals surface area contributed by atoms with Gasteiger partial charge in [0.25, 0.3) is 0 Å². The molecule has 2 fully saturated rings. The number of anilines is 2. The molecule has 6 rings (SSSR count). The summed E-state index contributed by atoms with van der Waals surface area (Å²) in [4.78, 5) is 52.5. The average molecular weight is 601 g/mol. The Morgan fingerprint density at radius 3 is 2.72 bits per heavy atom. The molecule has 14 nitrogen and oxygen atoms in total. The normalized spacial score (nSPS) is 27.9. The van der Waals surface area contributed by atoms with E-state index in [1.54, 1.807) is 17.6 Å². The number of alkyl carbamates (subject to hydrolysis) is 1. The minimum absolute atomic E-state index is 0.0328. The number of nitrogens with zero attached hydrogens (tertiary/aromatic N) is 6. The van der Waals surface area contributed by atoms with Gasteiger partial charge in [-0.2, -0.15) is 0 Å². The number of aryl methyl sites for hydroxylation is 2. The Kier molecular flexibility index (Phi) is 4.74. The number of primary amides is 1. The van der Waals surface area contributed by atoms with Crippen molar-refractivity contribution in [2.24, 2.45) is 18.6 Å². The molecule has 4 aromatic rings. The van der Waals surface area contributed by atoms with Crippen LogP contribution in [-0.4, -0.2) is 60.8 Å². The number of hydrogen-bond donors (Lipinski definition) is 3. The van der Waals surface area contributed by atoms with Gasteiger partial charge in [0.2, 0.25) is 5.91 Å². The van der Waals surface area contributed by atoms with Crippen LogP contribution < -0.4 is 22.1 Å². The Labute approximate surface area is 260 Å². The summed E-state index contributed by atoms with van der Waals surface area (Å²) in [6, 6.07) is 2.04. The zero-order chi connectivity index (χ0) is 38.3. The maximum Gasteiger partial charge on any atom is 0.407 e. The van der Waals surface area contributed by atoms with Crippen LogP contribution >= 0.6 is 0 Å². The fourth-order valence-corrected chi connectivity index (χ4v) is 6.36. The van der Waals surface area contributed by atoms with Gasteiger partial charge in [0.1, 0.15) is 34.6 Å². The van der Waals surface area contributed by atoms with Gasteiger partial charge in [-0.1, -0.05) is 6.92 Å². The number of carbonyl (C=O) groups is 2. The molecule has 0 bridgehead atoms. The van der Waals surface area contributed by atoms with Gasteiger partial charge in [-0.25, -0.2) is 24.5 Å². The third kappa shape index (κ3) is 4.51. The van der Waals surface area contributed by atoms with Crippen molar-refractivity contribution in [2.75, 3.05) is 19.4 Å². The number of rotatable bonds is 8. The number of methoxy groups -OCH3 is 2. The second-order valence-corrected chi connectivity index (χ2v) is 11.3. The number of ether oxygens (including phenoxy) is 2. The number of nitrogens with one attached hydrogen (secondary N) is 2. The first kappa shape index (κ1) is 19.7. The molecular weight excluding hydrogens is 554 g/mol. The third-order valence-electron chi connectivity index (χ3n) is 8.67. The highest BCUT2D eigenvalue weighted by atomic mass is 16.5. The number of hydrogen-bond acceptors (Lipinski definition) is 9. The van der Waals surface area contributed by atoms with Crippen molar-refractivity contribution in [3.8, 4) is 0 Å². The number of imidazole rings is 2. The van der Waals surface area contributed by atoms with Gasteiger partial charge in [-0.15, -0.1) is 0 Å². The number of pyridine rings is 2. The van der Waals surface area contributed by atoms with E-state index >= 15 is 0 Å². The molecule has 0 aliphatic heterocycles. The lowest BCUT2D eigenvalue weighted by Crippen LogP contribution is -2.37. The number of nitrogens with two attached hydrogens (primary N) is 1. The smallest absolute Gasteiger partial charge is 0.407 e. The zero-order valence-corrected chi connectivity index (χ0v) is 23.7. The van der Waals surface area contributed by atoms with E-state index in [2.05, 4.69) is 25.3 Å². The second kappa shape index (κ2) is 10.4. The van der Waals surface area contributed by atoms with E-state index in [0.29, 0.717) is 34.9 Å². The minimum atomic E-state index is -2.94. The molecule has 2 amide bonds. The van der Waals surface area contributed by atoms with Crippen LogP contribution in [0, 0.1) is 12.8 Å². The Bertz CT molecular complexity index is 2140. The van der Waals surface area contributed by atoms with Gasteiger partial charge in [0, 0.05) is 36.3 Å². The molecule has 0 unspecified atom stereocenters. The van der Waals surface area contributed by atoms with Crippen molar-refractivity contribution in [1.29, 1.82) is 0 Å². The summed E-state index contributed by atoms with van der Waals surface area (Å²) in [5.74, 6) is -0.266. The largest absolute Gasteiger partial charge is 0.453 e. The fraction of sp³-hybridized carbons (Fsp3) is 0.517. The quantitative estimate of drug-likeness (QED) is 0.275. The first-order chi connectivity index (χ1) is 24.0. The maximum atomic E-state index is 13.7. The van der Waals surface area contributed by atoms with Crippen LogP contribution in [0.15, 0.2) is 23.1 Å². The topological polar surface area (TPSA) is 173 Å². The molecule has 2 aliphatic carbocycles. The predicted octanol–water partition coefficient (Wildman–Crippen LogP) is 2.91. The number of amides is 2. The summed E-state index contributed by atoms with van der Waals surface area (Å²) in [7, 11) is -5.69. The molecule has 0 aromatic carbocycles. The standard InChI is InChI=1S/C29H37N9O5/c1-14-9-22(34-25-23(14)35-24(16(3)42-5)38(25)29(26(30)39)12-15(29)2)33-21-11-19-20(13-31-21)36(4)28(41)37(19)18-8-7-17(10-18)32-27(40)43-6/h9,11,13,15-18H,7-8,10,12H2,1-6H3,(H2,30,39)(H,32,40)(H,31,33,34)/t15-,16+,17+,18+,29-/m0/s1/i4D3,5D3,6D3. The van der Waals surface area contributed by atoms with Gasteiger partial charge < -0.3 is 25.8 Å². The third-order valence-corrected chi connectivity index (χ3v) is 8.67. The van der Waals surface area contributed by atoms with E-state index in [9.17, 15) is 14.4 Å². The van der Waals surface area contributed by atoms with Gasteiger partial charge in [-0.3, -0.25) is 18.5 Å². The molecule has 43 heavy (non-hydrogen) atoms. The molecule has 4 N–H and O–H groups in total. The van der Waals surface area contributed by atoms with Crippen molar-refractivity contribution in [1.82, 2.24) is 34.0 Å². The van der Waals surface area contributed by atoms with Gasteiger partial charge in [0.15, 0.2) is 5.65 Å². The lowest BCUT2D eigenvalue weighted by Gasteiger charge is -2.21. The molecule has 4 aromatic heterocycles. The molecule has 2 saturated carbocycles. The van der Waals surface area contributed by atoms with Gasteiger partial charge >= 0.3 is 11.8 Å². The lowest BCUT2D eigenvalue weighted by molar-refractivity contribution is -0.122. The Hall–Kier alpha value is -4.46. The zero-order valence-electron chi connectivity index (χ0n) is 32.7. The summed E-state index contributed by atoms with van der Waals surface area (Å²) >= 11 is 0. The molecule has 5 atom stereocenters. The molecule has 0 radical (unpaired) electrons.